The minimum Gasteiger partial charge on any atom is -0.278 e. The van der Waals surface area contributed by atoms with E-state index in [1.807, 2.05) is 11.3 Å². The predicted molar refractivity (Wildman–Crippen MR) is 228 cm³/mol. The topological polar surface area (TPSA) is 30.7 Å². The molecular formula is C48H27N3S2. The van der Waals surface area contributed by atoms with Crippen LogP contribution in [0.5, 0.6) is 0 Å². The van der Waals surface area contributed by atoms with E-state index < -0.39 is 0 Å². The molecule has 0 bridgehead atoms. The summed E-state index contributed by atoms with van der Waals surface area (Å²) in [5.41, 5.74) is 7.80. The zero-order valence-electron chi connectivity index (χ0n) is 28.2. The second kappa shape index (κ2) is 11.1. The lowest BCUT2D eigenvalue weighted by Gasteiger charge is -2.11. The fourth-order valence-corrected chi connectivity index (χ4v) is 10.9. The van der Waals surface area contributed by atoms with Crippen LogP contribution in [0.4, 0.5) is 0 Å². The molecule has 0 aliphatic carbocycles. The van der Waals surface area contributed by atoms with Gasteiger partial charge in [0.25, 0.3) is 0 Å². The minimum absolute atomic E-state index is 0.687. The van der Waals surface area contributed by atoms with Crippen molar-refractivity contribution in [3.63, 3.8) is 0 Å². The molecule has 5 heteroatoms. The SMILES string of the molecule is c1ccc(-c2cc3sc4c(-c5nc(-n6c7ccccc7c7cc8ccccc8cc76)nc6c5sc5ccccc56)cccc4c3c3ccccc23)cc1. The number of rotatable bonds is 3. The van der Waals surface area contributed by atoms with Crippen LogP contribution in [-0.4, -0.2) is 14.5 Å². The third kappa shape index (κ3) is 4.20. The first-order valence-corrected chi connectivity index (χ1v) is 19.5. The molecule has 0 aliphatic heterocycles. The zero-order valence-corrected chi connectivity index (χ0v) is 29.9. The highest BCUT2D eigenvalue weighted by atomic mass is 32.1. The number of fused-ring (bicyclic) bond motifs is 12. The largest absolute Gasteiger partial charge is 0.278 e. The van der Waals surface area contributed by atoms with Gasteiger partial charge in [0.15, 0.2) is 0 Å². The van der Waals surface area contributed by atoms with E-state index in [9.17, 15) is 0 Å². The Balaban J connectivity index is 1.20. The summed E-state index contributed by atoms with van der Waals surface area (Å²) >= 11 is 3.66. The predicted octanol–water partition coefficient (Wildman–Crippen LogP) is 13.9. The quantitative estimate of drug-likeness (QED) is 0.183. The third-order valence-electron chi connectivity index (χ3n) is 10.8. The average Bonchev–Trinajstić information content (AvgIpc) is 3.89. The fourth-order valence-electron chi connectivity index (χ4n) is 8.44. The molecule has 0 amide bonds. The van der Waals surface area contributed by atoms with Crippen LogP contribution in [0.3, 0.4) is 0 Å². The molecule has 0 radical (unpaired) electrons. The van der Waals surface area contributed by atoms with Gasteiger partial charge < -0.3 is 0 Å². The first-order valence-electron chi connectivity index (χ1n) is 17.8. The molecule has 246 valence electrons. The van der Waals surface area contributed by atoms with Crippen LogP contribution in [0, 0.1) is 0 Å². The third-order valence-corrected chi connectivity index (χ3v) is 13.1. The number of para-hydroxylation sites is 1. The Morgan fingerprint density at radius 1 is 0.415 bits per heavy atom. The van der Waals surface area contributed by atoms with Gasteiger partial charge in [0.1, 0.15) is 0 Å². The van der Waals surface area contributed by atoms with E-state index in [1.54, 1.807) is 11.3 Å². The molecule has 0 unspecified atom stereocenters. The molecule has 0 saturated heterocycles. The second-order valence-electron chi connectivity index (χ2n) is 13.7. The van der Waals surface area contributed by atoms with Crippen LogP contribution in [0.2, 0.25) is 0 Å². The second-order valence-corrected chi connectivity index (χ2v) is 15.8. The van der Waals surface area contributed by atoms with Gasteiger partial charge in [0.05, 0.1) is 26.9 Å². The molecule has 12 rings (SSSR count). The van der Waals surface area contributed by atoms with E-state index in [0.717, 1.165) is 37.9 Å². The molecule has 0 atom stereocenters. The summed E-state index contributed by atoms with van der Waals surface area (Å²) in [5.74, 6) is 0.687. The molecule has 0 fully saturated rings. The smallest absolute Gasteiger partial charge is 0.235 e. The van der Waals surface area contributed by atoms with Crippen molar-refractivity contribution in [2.45, 2.75) is 0 Å². The van der Waals surface area contributed by atoms with Gasteiger partial charge in [-0.2, -0.15) is 0 Å². The van der Waals surface area contributed by atoms with Crippen molar-refractivity contribution in [3.8, 4) is 28.3 Å². The maximum Gasteiger partial charge on any atom is 0.235 e. The maximum atomic E-state index is 5.61. The van der Waals surface area contributed by atoms with Crippen molar-refractivity contribution >= 4 is 106 Å². The van der Waals surface area contributed by atoms with Gasteiger partial charge in [-0.15, -0.1) is 22.7 Å². The molecule has 0 saturated carbocycles. The summed E-state index contributed by atoms with van der Waals surface area (Å²) in [6.45, 7) is 0. The zero-order chi connectivity index (χ0) is 34.6. The molecule has 0 aliphatic rings. The highest BCUT2D eigenvalue weighted by molar-refractivity contribution is 7.27. The first-order chi connectivity index (χ1) is 26.3. The van der Waals surface area contributed by atoms with Gasteiger partial charge in [0.2, 0.25) is 5.95 Å². The molecule has 4 heterocycles. The Kier molecular flexibility index (Phi) is 6.09. The fraction of sp³-hybridized carbons (Fsp3) is 0. The monoisotopic (exact) mass is 709 g/mol. The van der Waals surface area contributed by atoms with E-state index >= 15 is 0 Å². The van der Waals surface area contributed by atoms with E-state index in [4.69, 9.17) is 9.97 Å². The maximum absolute atomic E-state index is 5.61. The van der Waals surface area contributed by atoms with Crippen LogP contribution in [0.25, 0.3) is 112 Å². The molecule has 4 aromatic heterocycles. The number of thiophene rings is 2. The molecular weight excluding hydrogens is 683 g/mol. The van der Waals surface area contributed by atoms with Gasteiger partial charge in [-0.3, -0.25) is 4.57 Å². The van der Waals surface area contributed by atoms with E-state index in [2.05, 4.69) is 168 Å². The number of nitrogens with zero attached hydrogens (tertiary/aromatic N) is 3. The van der Waals surface area contributed by atoms with Crippen molar-refractivity contribution in [1.29, 1.82) is 0 Å². The minimum atomic E-state index is 0.687. The lowest BCUT2D eigenvalue weighted by Crippen LogP contribution is -2.02. The highest BCUT2D eigenvalue weighted by Crippen LogP contribution is 2.48. The lowest BCUT2D eigenvalue weighted by molar-refractivity contribution is 1.02. The summed E-state index contributed by atoms with van der Waals surface area (Å²) in [4.78, 5) is 11.1. The molecule has 8 aromatic carbocycles. The summed E-state index contributed by atoms with van der Waals surface area (Å²) in [7, 11) is 0. The molecule has 0 spiro atoms. The van der Waals surface area contributed by atoms with Crippen LogP contribution in [-0.2, 0) is 0 Å². The molecule has 3 nitrogen and oxygen atoms in total. The Bertz CT molecular complexity index is 3460. The van der Waals surface area contributed by atoms with Gasteiger partial charge in [-0.05, 0) is 63.0 Å². The van der Waals surface area contributed by atoms with Gasteiger partial charge in [-0.25, -0.2) is 9.97 Å². The Morgan fingerprint density at radius 3 is 1.96 bits per heavy atom. The highest BCUT2D eigenvalue weighted by Gasteiger charge is 2.23. The van der Waals surface area contributed by atoms with E-state index in [0.29, 0.717) is 5.95 Å². The van der Waals surface area contributed by atoms with Gasteiger partial charge in [-0.1, -0.05) is 133 Å². The summed E-state index contributed by atoms with van der Waals surface area (Å²) in [6.07, 6.45) is 0. The normalized spacial score (nSPS) is 12.2. The molecule has 12 aromatic rings. The lowest BCUT2D eigenvalue weighted by atomic mass is 9.94. The Labute approximate surface area is 311 Å². The summed E-state index contributed by atoms with van der Waals surface area (Å²) in [6, 6.07) is 59.3. The van der Waals surface area contributed by atoms with Crippen molar-refractivity contribution in [3.05, 3.63) is 164 Å². The van der Waals surface area contributed by atoms with Gasteiger partial charge in [0, 0.05) is 46.6 Å². The van der Waals surface area contributed by atoms with Crippen LogP contribution >= 0.6 is 22.7 Å². The standard InChI is InChI=1S/C48H27N3S2/c1-2-13-28(14-3-1)37-27-42-43(33-19-7-6-17-31(33)37)35-21-12-22-36(46(35)53-42)45-47-44(34-20-9-11-24-41(34)52-47)49-48(50-45)51-39-23-10-8-18-32(39)38-25-29-15-4-5-16-30(29)26-40(38)51/h1-27H. The Hall–Kier alpha value is -6.40. The van der Waals surface area contributed by atoms with Crippen molar-refractivity contribution in [1.82, 2.24) is 14.5 Å². The Morgan fingerprint density at radius 2 is 1.09 bits per heavy atom. The summed E-state index contributed by atoms with van der Waals surface area (Å²) in [5, 5.41) is 11.1. The van der Waals surface area contributed by atoms with Gasteiger partial charge >= 0.3 is 0 Å². The van der Waals surface area contributed by atoms with Crippen LogP contribution < -0.4 is 0 Å². The van der Waals surface area contributed by atoms with Crippen LogP contribution in [0.15, 0.2) is 164 Å². The molecule has 0 N–H and O–H groups in total. The first kappa shape index (κ1) is 29.2. The number of hydrogen-bond acceptors (Lipinski definition) is 4. The van der Waals surface area contributed by atoms with E-state index in [-0.39, 0.29) is 0 Å². The number of hydrogen-bond donors (Lipinski definition) is 0. The number of benzene rings is 8. The van der Waals surface area contributed by atoms with Crippen molar-refractivity contribution in [2.75, 3.05) is 0 Å². The molecule has 53 heavy (non-hydrogen) atoms. The van der Waals surface area contributed by atoms with E-state index in [1.165, 1.54) is 68.3 Å². The average molecular weight is 710 g/mol. The number of aromatic nitrogens is 3. The summed E-state index contributed by atoms with van der Waals surface area (Å²) < 4.78 is 7.12. The van der Waals surface area contributed by atoms with Crippen molar-refractivity contribution in [2.24, 2.45) is 0 Å². The van der Waals surface area contributed by atoms with Crippen LogP contribution in [0.1, 0.15) is 0 Å². The van der Waals surface area contributed by atoms with Crippen molar-refractivity contribution < 1.29 is 0 Å².